The first kappa shape index (κ1) is 25.2. The minimum Gasteiger partial charge on any atom is -0.383 e. The van der Waals surface area contributed by atoms with Crippen molar-refractivity contribution in [1.82, 2.24) is 25.3 Å². The molecule has 8 heteroatoms. The van der Waals surface area contributed by atoms with E-state index in [-0.39, 0.29) is 24.0 Å². The number of hydrogen-bond donors (Lipinski definition) is 3. The van der Waals surface area contributed by atoms with Crippen LogP contribution in [0, 0.1) is 5.92 Å². The minimum atomic E-state index is -1.03. The Bertz CT molecular complexity index is 589. The zero-order valence-electron chi connectivity index (χ0n) is 17.9. The van der Waals surface area contributed by atoms with Crippen molar-refractivity contribution in [1.29, 1.82) is 0 Å². The molecular weight excluding hydrogens is 467 g/mol. The second-order valence-electron chi connectivity index (χ2n) is 8.05. The molecule has 2 atom stereocenters. The van der Waals surface area contributed by atoms with Gasteiger partial charge in [0, 0.05) is 38.4 Å². The number of nitrogens with zero attached hydrogens (tertiary/aromatic N) is 4. The van der Waals surface area contributed by atoms with Gasteiger partial charge in [0.05, 0.1) is 12.7 Å². The van der Waals surface area contributed by atoms with E-state index in [0.29, 0.717) is 6.54 Å². The van der Waals surface area contributed by atoms with Crippen LogP contribution in [-0.2, 0) is 12.6 Å². The minimum absolute atomic E-state index is 0. The Balaban J connectivity index is 0.00000392. The van der Waals surface area contributed by atoms with Gasteiger partial charge in [-0.05, 0) is 58.5 Å². The van der Waals surface area contributed by atoms with Crippen LogP contribution in [-0.4, -0.2) is 65.0 Å². The fourth-order valence-corrected chi connectivity index (χ4v) is 3.52. The van der Waals surface area contributed by atoms with Crippen LogP contribution < -0.4 is 10.6 Å². The molecule has 1 aromatic rings. The number of piperidine rings is 1. The predicted octanol–water partition coefficient (Wildman–Crippen LogP) is 2.31. The lowest BCUT2D eigenvalue weighted by Gasteiger charge is -2.30. The molecule has 1 aliphatic rings. The van der Waals surface area contributed by atoms with E-state index >= 15 is 0 Å². The number of unbranched alkanes of at least 4 members (excludes halogenated alkanes) is 1. The van der Waals surface area contributed by atoms with Crippen molar-refractivity contribution in [3.63, 3.8) is 0 Å². The molecule has 2 rings (SSSR count). The molecule has 1 fully saturated rings. The molecule has 0 bridgehead atoms. The third-order valence-electron chi connectivity index (χ3n) is 5.15. The first-order valence-corrected chi connectivity index (χ1v) is 10.4. The van der Waals surface area contributed by atoms with E-state index in [4.69, 9.17) is 0 Å². The van der Waals surface area contributed by atoms with Gasteiger partial charge in [0.1, 0.15) is 5.60 Å². The van der Waals surface area contributed by atoms with Gasteiger partial charge in [-0.15, -0.1) is 24.0 Å². The monoisotopic (exact) mass is 506 g/mol. The number of hydrogen-bond acceptors (Lipinski definition) is 4. The maximum Gasteiger partial charge on any atom is 0.191 e. The number of likely N-dealkylation sites (tertiary alicyclic amines) is 1. The van der Waals surface area contributed by atoms with Gasteiger partial charge in [-0.1, -0.05) is 6.92 Å². The van der Waals surface area contributed by atoms with Crippen molar-refractivity contribution in [2.75, 3.05) is 39.3 Å². The smallest absolute Gasteiger partial charge is 0.191 e. The highest BCUT2D eigenvalue weighted by atomic mass is 127. The van der Waals surface area contributed by atoms with Crippen molar-refractivity contribution < 1.29 is 5.11 Å². The summed E-state index contributed by atoms with van der Waals surface area (Å²) >= 11 is 0. The molecule has 162 valence electrons. The van der Waals surface area contributed by atoms with Crippen molar-refractivity contribution >= 4 is 29.9 Å². The van der Waals surface area contributed by atoms with Gasteiger partial charge in [-0.2, -0.15) is 5.10 Å². The standard InChI is InChI=1S/C20H38N6O.HI/c1-5-21-19(23-16-20(3,27)18-13-24-25(4)15-18)22-10-6-7-11-26-12-8-9-17(2)14-26;/h13,15,17,27H,5-12,14,16H2,1-4H3,(H2,21,22,23);1H. The first-order valence-electron chi connectivity index (χ1n) is 10.4. The molecule has 0 saturated carbocycles. The van der Waals surface area contributed by atoms with E-state index in [0.717, 1.165) is 37.0 Å². The number of guanidine groups is 1. The second kappa shape index (κ2) is 12.6. The predicted molar refractivity (Wildman–Crippen MR) is 126 cm³/mol. The molecule has 2 unspecified atom stereocenters. The van der Waals surface area contributed by atoms with E-state index in [1.165, 1.54) is 38.9 Å². The maximum atomic E-state index is 10.7. The van der Waals surface area contributed by atoms with Gasteiger partial charge in [-0.3, -0.25) is 4.68 Å². The molecule has 3 N–H and O–H groups in total. The highest BCUT2D eigenvalue weighted by molar-refractivity contribution is 14.0. The summed E-state index contributed by atoms with van der Waals surface area (Å²) in [6.07, 6.45) is 8.56. The molecule has 1 aliphatic heterocycles. The first-order chi connectivity index (χ1) is 12.9. The van der Waals surface area contributed by atoms with Crippen LogP contribution in [0.5, 0.6) is 0 Å². The lowest BCUT2D eigenvalue weighted by Crippen LogP contribution is -2.39. The number of halogens is 1. The molecule has 2 heterocycles. The van der Waals surface area contributed by atoms with E-state index in [9.17, 15) is 5.11 Å². The number of aliphatic imine (C=N–C) groups is 1. The Morgan fingerprint density at radius 1 is 1.39 bits per heavy atom. The molecule has 0 aliphatic carbocycles. The van der Waals surface area contributed by atoms with Crippen LogP contribution in [0.25, 0.3) is 0 Å². The van der Waals surface area contributed by atoms with Gasteiger partial charge < -0.3 is 20.6 Å². The van der Waals surface area contributed by atoms with Crippen LogP contribution in [0.1, 0.15) is 52.0 Å². The fourth-order valence-electron chi connectivity index (χ4n) is 3.52. The summed E-state index contributed by atoms with van der Waals surface area (Å²) in [5.74, 6) is 1.60. The summed E-state index contributed by atoms with van der Waals surface area (Å²) in [4.78, 5) is 7.16. The summed E-state index contributed by atoms with van der Waals surface area (Å²) in [6, 6.07) is 0. The zero-order valence-corrected chi connectivity index (χ0v) is 20.3. The van der Waals surface area contributed by atoms with Crippen LogP contribution in [0.15, 0.2) is 17.4 Å². The van der Waals surface area contributed by atoms with Gasteiger partial charge >= 0.3 is 0 Å². The van der Waals surface area contributed by atoms with Crippen LogP contribution >= 0.6 is 24.0 Å². The molecule has 0 spiro atoms. The topological polar surface area (TPSA) is 77.7 Å². The van der Waals surface area contributed by atoms with Crippen molar-refractivity contribution in [2.24, 2.45) is 18.0 Å². The van der Waals surface area contributed by atoms with Gasteiger partial charge in [0.25, 0.3) is 0 Å². The third kappa shape index (κ3) is 8.65. The quantitative estimate of drug-likeness (QED) is 0.208. The number of rotatable bonds is 9. The maximum absolute atomic E-state index is 10.7. The van der Waals surface area contributed by atoms with E-state index in [1.807, 2.05) is 20.2 Å². The van der Waals surface area contributed by atoms with E-state index in [2.05, 4.69) is 32.5 Å². The van der Waals surface area contributed by atoms with Gasteiger partial charge in [0.15, 0.2) is 5.96 Å². The molecule has 7 nitrogen and oxygen atoms in total. The number of aryl methyl sites for hydroxylation is 1. The molecule has 0 amide bonds. The normalized spacial score (nSPS) is 20.3. The van der Waals surface area contributed by atoms with Crippen molar-refractivity contribution in [3.8, 4) is 0 Å². The molecule has 0 aromatic carbocycles. The fraction of sp³-hybridized carbons (Fsp3) is 0.800. The molecule has 28 heavy (non-hydrogen) atoms. The average molecular weight is 506 g/mol. The largest absolute Gasteiger partial charge is 0.383 e. The summed E-state index contributed by atoms with van der Waals surface area (Å²) in [7, 11) is 1.85. The number of aliphatic hydroxyl groups is 1. The summed E-state index contributed by atoms with van der Waals surface area (Å²) in [5.41, 5.74) is -0.248. The van der Waals surface area contributed by atoms with Crippen LogP contribution in [0.4, 0.5) is 0 Å². The van der Waals surface area contributed by atoms with Crippen LogP contribution in [0.2, 0.25) is 0 Å². The highest BCUT2D eigenvalue weighted by Crippen LogP contribution is 2.20. The molecule has 0 radical (unpaired) electrons. The number of nitrogens with one attached hydrogen (secondary N) is 2. The Hall–Kier alpha value is -0.870. The van der Waals surface area contributed by atoms with E-state index in [1.54, 1.807) is 17.8 Å². The highest BCUT2D eigenvalue weighted by Gasteiger charge is 2.24. The Morgan fingerprint density at radius 2 is 2.18 bits per heavy atom. The average Bonchev–Trinajstić information content (AvgIpc) is 3.07. The number of aromatic nitrogens is 2. The summed E-state index contributed by atoms with van der Waals surface area (Å²) < 4.78 is 1.69. The third-order valence-corrected chi connectivity index (χ3v) is 5.15. The Kier molecular flexibility index (Phi) is 11.4. The Morgan fingerprint density at radius 3 is 2.82 bits per heavy atom. The van der Waals surface area contributed by atoms with Gasteiger partial charge in [-0.25, -0.2) is 4.99 Å². The summed E-state index contributed by atoms with van der Waals surface area (Å²) in [6.45, 7) is 11.9. The van der Waals surface area contributed by atoms with Crippen molar-refractivity contribution in [2.45, 2.75) is 52.1 Å². The summed E-state index contributed by atoms with van der Waals surface area (Å²) in [5, 5.41) is 21.4. The molecular formula is C20H39IN6O. The lowest BCUT2D eigenvalue weighted by molar-refractivity contribution is 0.0672. The SMILES string of the molecule is CCNC(=NCC(C)(O)c1cnn(C)c1)NCCCCN1CCCC(C)C1.I. The van der Waals surface area contributed by atoms with Gasteiger partial charge in [0.2, 0.25) is 0 Å². The molecule has 1 aromatic heterocycles. The van der Waals surface area contributed by atoms with Crippen molar-refractivity contribution in [3.05, 3.63) is 18.0 Å². The Labute approximate surface area is 187 Å². The van der Waals surface area contributed by atoms with Crippen LogP contribution in [0.3, 0.4) is 0 Å². The van der Waals surface area contributed by atoms with E-state index < -0.39 is 5.60 Å². The zero-order chi connectivity index (χ0) is 19.7. The second-order valence-corrected chi connectivity index (χ2v) is 8.05. The lowest BCUT2D eigenvalue weighted by atomic mass is 10.0. The molecule has 1 saturated heterocycles.